The molecule has 1 aliphatic carbocycles. The highest BCUT2D eigenvalue weighted by Gasteiger charge is 2.17. The lowest BCUT2D eigenvalue weighted by Crippen LogP contribution is -2.16. The van der Waals surface area contributed by atoms with Crippen molar-refractivity contribution in [3.63, 3.8) is 0 Å². The standard InChI is InChI=1S/C11H15NO.ClH/c12-11(7-13)10-6-2-4-8-3-1-5-9(8)10;/h2,4,6,11,13H,1,3,5,7,12H2;1H/t11-;/m0./s1. The van der Waals surface area contributed by atoms with Crippen LogP contribution in [-0.4, -0.2) is 11.7 Å². The average molecular weight is 214 g/mol. The topological polar surface area (TPSA) is 46.2 Å². The maximum atomic E-state index is 8.99. The second-order valence-electron chi connectivity index (χ2n) is 3.63. The van der Waals surface area contributed by atoms with Crippen molar-refractivity contribution >= 4 is 12.4 Å². The first-order valence-corrected chi connectivity index (χ1v) is 4.80. The van der Waals surface area contributed by atoms with Gasteiger partial charge >= 0.3 is 0 Å². The number of benzene rings is 1. The molecule has 0 fully saturated rings. The lowest BCUT2D eigenvalue weighted by Gasteiger charge is -2.13. The highest BCUT2D eigenvalue weighted by Crippen LogP contribution is 2.27. The molecule has 0 aliphatic heterocycles. The molecular weight excluding hydrogens is 198 g/mol. The summed E-state index contributed by atoms with van der Waals surface area (Å²) in [5.41, 5.74) is 9.75. The Morgan fingerprint density at radius 1 is 1.36 bits per heavy atom. The van der Waals surface area contributed by atoms with Gasteiger partial charge in [-0.1, -0.05) is 18.2 Å². The fourth-order valence-electron chi connectivity index (χ4n) is 2.09. The van der Waals surface area contributed by atoms with Gasteiger partial charge in [-0.15, -0.1) is 12.4 Å². The van der Waals surface area contributed by atoms with E-state index in [-0.39, 0.29) is 25.1 Å². The molecule has 2 rings (SSSR count). The van der Waals surface area contributed by atoms with E-state index in [9.17, 15) is 0 Å². The van der Waals surface area contributed by atoms with E-state index in [4.69, 9.17) is 10.8 Å². The highest BCUT2D eigenvalue weighted by atomic mass is 35.5. The zero-order valence-corrected chi connectivity index (χ0v) is 8.89. The Morgan fingerprint density at radius 3 is 2.86 bits per heavy atom. The monoisotopic (exact) mass is 213 g/mol. The van der Waals surface area contributed by atoms with Crippen molar-refractivity contribution in [1.82, 2.24) is 0 Å². The molecule has 1 aromatic rings. The molecule has 2 nitrogen and oxygen atoms in total. The van der Waals surface area contributed by atoms with E-state index in [0.717, 1.165) is 12.0 Å². The van der Waals surface area contributed by atoms with Gasteiger partial charge in [0.15, 0.2) is 0 Å². The van der Waals surface area contributed by atoms with Crippen LogP contribution in [0.25, 0.3) is 0 Å². The van der Waals surface area contributed by atoms with Gasteiger partial charge in [-0.25, -0.2) is 0 Å². The third-order valence-corrected chi connectivity index (χ3v) is 2.78. The predicted molar refractivity (Wildman–Crippen MR) is 59.7 cm³/mol. The minimum Gasteiger partial charge on any atom is -0.394 e. The van der Waals surface area contributed by atoms with Crippen LogP contribution >= 0.6 is 12.4 Å². The van der Waals surface area contributed by atoms with Crippen LogP contribution in [0.5, 0.6) is 0 Å². The molecule has 1 aromatic carbocycles. The van der Waals surface area contributed by atoms with E-state index in [0.29, 0.717) is 0 Å². The molecule has 0 saturated heterocycles. The summed E-state index contributed by atoms with van der Waals surface area (Å²) in [6, 6.07) is 6.03. The van der Waals surface area contributed by atoms with Crippen LogP contribution in [0.2, 0.25) is 0 Å². The first-order chi connectivity index (χ1) is 6.33. The molecule has 3 N–H and O–H groups in total. The van der Waals surface area contributed by atoms with E-state index < -0.39 is 0 Å². The number of fused-ring (bicyclic) bond motifs is 1. The lowest BCUT2D eigenvalue weighted by atomic mass is 9.98. The van der Waals surface area contributed by atoms with E-state index in [1.165, 1.54) is 24.0 Å². The molecule has 78 valence electrons. The van der Waals surface area contributed by atoms with Gasteiger partial charge in [-0.2, -0.15) is 0 Å². The average Bonchev–Trinajstić information content (AvgIpc) is 2.63. The van der Waals surface area contributed by atoms with Crippen molar-refractivity contribution in [2.75, 3.05) is 6.61 Å². The number of nitrogens with two attached hydrogens (primary N) is 1. The fraction of sp³-hybridized carbons (Fsp3) is 0.455. The normalized spacial score (nSPS) is 15.9. The smallest absolute Gasteiger partial charge is 0.0624 e. The summed E-state index contributed by atoms with van der Waals surface area (Å²) >= 11 is 0. The first-order valence-electron chi connectivity index (χ1n) is 4.80. The summed E-state index contributed by atoms with van der Waals surface area (Å²) in [6.07, 6.45) is 3.52. The van der Waals surface area contributed by atoms with E-state index in [1.54, 1.807) is 0 Å². The molecular formula is C11H16ClNO. The van der Waals surface area contributed by atoms with Crippen LogP contribution in [0.4, 0.5) is 0 Å². The summed E-state index contributed by atoms with van der Waals surface area (Å²) in [5.74, 6) is 0. The number of aryl methyl sites for hydroxylation is 1. The number of hydrogen-bond acceptors (Lipinski definition) is 2. The Balaban J connectivity index is 0.000000980. The van der Waals surface area contributed by atoms with Crippen LogP contribution in [0, 0.1) is 0 Å². The molecule has 0 unspecified atom stereocenters. The highest BCUT2D eigenvalue weighted by molar-refractivity contribution is 5.85. The summed E-state index contributed by atoms with van der Waals surface area (Å²) < 4.78 is 0. The summed E-state index contributed by atoms with van der Waals surface area (Å²) in [4.78, 5) is 0. The van der Waals surface area contributed by atoms with E-state index in [1.807, 2.05) is 12.1 Å². The van der Waals surface area contributed by atoms with Crippen LogP contribution in [-0.2, 0) is 12.8 Å². The third-order valence-electron chi connectivity index (χ3n) is 2.78. The van der Waals surface area contributed by atoms with Crippen LogP contribution < -0.4 is 5.73 Å². The molecule has 0 radical (unpaired) electrons. The largest absolute Gasteiger partial charge is 0.394 e. The van der Waals surface area contributed by atoms with Gasteiger partial charge in [-0.05, 0) is 36.0 Å². The third kappa shape index (κ3) is 1.92. The Hall–Kier alpha value is -0.570. The minimum atomic E-state index is -0.201. The second-order valence-corrected chi connectivity index (χ2v) is 3.63. The van der Waals surface area contributed by atoms with Gasteiger partial charge in [0.05, 0.1) is 12.6 Å². The van der Waals surface area contributed by atoms with Gasteiger partial charge in [-0.3, -0.25) is 0 Å². The molecule has 0 spiro atoms. The molecule has 0 amide bonds. The Labute approximate surface area is 90.5 Å². The number of aliphatic hydroxyl groups excluding tert-OH is 1. The molecule has 0 heterocycles. The van der Waals surface area contributed by atoms with Gasteiger partial charge in [0.25, 0.3) is 0 Å². The Morgan fingerprint density at radius 2 is 2.14 bits per heavy atom. The van der Waals surface area contributed by atoms with Gasteiger partial charge in [0.1, 0.15) is 0 Å². The van der Waals surface area contributed by atoms with Crippen molar-refractivity contribution in [3.8, 4) is 0 Å². The van der Waals surface area contributed by atoms with Crippen molar-refractivity contribution in [2.45, 2.75) is 25.3 Å². The van der Waals surface area contributed by atoms with Gasteiger partial charge in [0, 0.05) is 0 Å². The molecule has 14 heavy (non-hydrogen) atoms. The number of aliphatic hydroxyl groups is 1. The molecule has 0 bridgehead atoms. The van der Waals surface area contributed by atoms with Crippen LogP contribution in [0.3, 0.4) is 0 Å². The fourth-order valence-corrected chi connectivity index (χ4v) is 2.09. The molecule has 3 heteroatoms. The van der Waals surface area contributed by atoms with Crippen LogP contribution in [0.15, 0.2) is 18.2 Å². The second kappa shape index (κ2) is 4.78. The van der Waals surface area contributed by atoms with E-state index in [2.05, 4.69) is 6.07 Å². The first kappa shape index (κ1) is 11.5. The Kier molecular flexibility index (Phi) is 3.93. The van der Waals surface area contributed by atoms with E-state index >= 15 is 0 Å². The number of halogens is 1. The predicted octanol–water partition coefficient (Wildman–Crippen LogP) is 1.59. The van der Waals surface area contributed by atoms with Crippen molar-refractivity contribution in [2.24, 2.45) is 5.73 Å². The molecule has 1 atom stereocenters. The SMILES string of the molecule is Cl.N[C@@H](CO)c1cccc2c1CCC2. The van der Waals surface area contributed by atoms with Gasteiger partial charge in [0.2, 0.25) is 0 Å². The maximum absolute atomic E-state index is 8.99. The summed E-state index contributed by atoms with van der Waals surface area (Å²) in [7, 11) is 0. The summed E-state index contributed by atoms with van der Waals surface area (Å²) in [6.45, 7) is 0.0381. The maximum Gasteiger partial charge on any atom is 0.0624 e. The number of rotatable bonds is 2. The number of hydrogen-bond donors (Lipinski definition) is 2. The zero-order chi connectivity index (χ0) is 9.26. The quantitative estimate of drug-likeness (QED) is 0.784. The van der Waals surface area contributed by atoms with Crippen molar-refractivity contribution in [1.29, 1.82) is 0 Å². The molecule has 0 saturated carbocycles. The minimum absolute atomic E-state index is 0. The lowest BCUT2D eigenvalue weighted by molar-refractivity contribution is 0.267. The summed E-state index contributed by atoms with van der Waals surface area (Å²) in [5, 5.41) is 8.99. The molecule has 1 aliphatic rings. The molecule has 0 aromatic heterocycles. The van der Waals surface area contributed by atoms with Gasteiger partial charge < -0.3 is 10.8 Å². The zero-order valence-electron chi connectivity index (χ0n) is 8.07. The Bertz CT molecular complexity index is 314. The van der Waals surface area contributed by atoms with Crippen LogP contribution in [0.1, 0.15) is 29.2 Å². The van der Waals surface area contributed by atoms with Crippen molar-refractivity contribution in [3.05, 3.63) is 34.9 Å². The van der Waals surface area contributed by atoms with Crippen molar-refractivity contribution < 1.29 is 5.11 Å².